The summed E-state index contributed by atoms with van der Waals surface area (Å²) in [6.07, 6.45) is -0.747. The number of aromatic hydroxyl groups is 2. The predicted molar refractivity (Wildman–Crippen MR) is 105 cm³/mol. The van der Waals surface area contributed by atoms with Gasteiger partial charge in [0.2, 0.25) is 0 Å². The van der Waals surface area contributed by atoms with Gasteiger partial charge >= 0.3 is 0 Å². The molecule has 0 bridgehead atoms. The number of fused-ring (bicyclic) bond motifs is 1. The van der Waals surface area contributed by atoms with Crippen molar-refractivity contribution in [3.05, 3.63) is 57.2 Å². The van der Waals surface area contributed by atoms with Gasteiger partial charge in [-0.3, -0.25) is 4.79 Å². The molecule has 0 aliphatic rings. The van der Waals surface area contributed by atoms with E-state index in [1.165, 1.54) is 6.07 Å². The van der Waals surface area contributed by atoms with Crippen LogP contribution in [-0.4, -0.2) is 47.0 Å². The molecule has 1 aromatic heterocycles. The Kier molecular flexibility index (Phi) is 5.41. The summed E-state index contributed by atoms with van der Waals surface area (Å²) in [6.45, 7) is 0.357. The number of aliphatic hydroxyl groups excluding tert-OH is 1. The maximum atomic E-state index is 12.6. The zero-order valence-electron chi connectivity index (χ0n) is 14.9. The van der Waals surface area contributed by atoms with Crippen LogP contribution in [-0.2, 0) is 6.42 Å². The molecule has 3 rings (SSSR count). The van der Waals surface area contributed by atoms with Gasteiger partial charge in [0.05, 0.1) is 11.1 Å². The molecule has 27 heavy (non-hydrogen) atoms. The third-order valence-corrected chi connectivity index (χ3v) is 4.55. The highest BCUT2D eigenvalue weighted by Gasteiger charge is 2.21. The molecule has 0 radical (unpaired) electrons. The zero-order valence-corrected chi connectivity index (χ0v) is 15.7. The van der Waals surface area contributed by atoms with Gasteiger partial charge in [0.25, 0.3) is 0 Å². The third-order valence-electron chi connectivity index (χ3n) is 4.22. The molecule has 0 aliphatic carbocycles. The van der Waals surface area contributed by atoms with E-state index in [-0.39, 0.29) is 40.2 Å². The molecular weight excluding hydrogens is 370 g/mol. The number of rotatable bonds is 5. The van der Waals surface area contributed by atoms with Crippen molar-refractivity contribution in [2.45, 2.75) is 12.5 Å². The van der Waals surface area contributed by atoms with Gasteiger partial charge in [0, 0.05) is 36.2 Å². The average molecular weight is 390 g/mol. The Morgan fingerprint density at radius 2 is 1.85 bits per heavy atom. The predicted octanol–water partition coefficient (Wildman–Crippen LogP) is 2.99. The van der Waals surface area contributed by atoms with Crippen molar-refractivity contribution < 1.29 is 19.7 Å². The lowest BCUT2D eigenvalue weighted by Crippen LogP contribution is -2.27. The monoisotopic (exact) mass is 389 g/mol. The minimum absolute atomic E-state index is 0.0349. The molecular formula is C20H20ClNO5. The van der Waals surface area contributed by atoms with E-state index in [4.69, 9.17) is 16.0 Å². The number of benzene rings is 2. The quantitative estimate of drug-likeness (QED) is 0.621. The number of phenols is 2. The second-order valence-corrected chi connectivity index (χ2v) is 7.08. The Morgan fingerprint density at radius 3 is 2.52 bits per heavy atom. The minimum atomic E-state index is -0.798. The van der Waals surface area contributed by atoms with E-state index in [2.05, 4.69) is 0 Å². The van der Waals surface area contributed by atoms with Crippen molar-refractivity contribution in [2.24, 2.45) is 0 Å². The fourth-order valence-electron chi connectivity index (χ4n) is 3.07. The van der Waals surface area contributed by atoms with Crippen LogP contribution in [0.1, 0.15) is 5.56 Å². The van der Waals surface area contributed by atoms with Gasteiger partial charge in [-0.25, -0.2) is 0 Å². The first-order chi connectivity index (χ1) is 12.8. The van der Waals surface area contributed by atoms with Gasteiger partial charge < -0.3 is 24.6 Å². The van der Waals surface area contributed by atoms with Gasteiger partial charge in [0.1, 0.15) is 28.2 Å². The lowest BCUT2D eigenvalue weighted by molar-refractivity contribution is 0.136. The normalized spacial score (nSPS) is 12.6. The van der Waals surface area contributed by atoms with Crippen molar-refractivity contribution in [3.63, 3.8) is 0 Å². The van der Waals surface area contributed by atoms with Crippen molar-refractivity contribution in [2.75, 3.05) is 20.6 Å². The number of hydrogen-bond donors (Lipinski definition) is 3. The SMILES string of the molecule is CN(C)C[C@H](O)Cc1c(O)cc(O)c2c(=O)cc(-c3ccccc3Cl)oc12. The standard InChI is InChI=1S/C20H20ClNO5/c1-22(2)10-11(23)7-13-15(24)8-16(25)19-17(26)9-18(27-20(13)19)12-5-3-4-6-14(12)21/h3-6,8-9,11,23-25H,7,10H2,1-2H3/t11-/m1/s1. The molecule has 7 heteroatoms. The second kappa shape index (κ2) is 7.60. The molecule has 3 aromatic rings. The van der Waals surface area contributed by atoms with E-state index in [0.717, 1.165) is 6.07 Å². The summed E-state index contributed by atoms with van der Waals surface area (Å²) in [4.78, 5) is 14.4. The molecule has 0 spiro atoms. The van der Waals surface area contributed by atoms with Gasteiger partial charge in [-0.05, 0) is 26.2 Å². The highest BCUT2D eigenvalue weighted by molar-refractivity contribution is 6.33. The lowest BCUT2D eigenvalue weighted by atomic mass is 10.0. The van der Waals surface area contributed by atoms with Crippen LogP contribution < -0.4 is 5.43 Å². The third kappa shape index (κ3) is 3.93. The van der Waals surface area contributed by atoms with Crippen LogP contribution in [0.3, 0.4) is 0 Å². The number of hydrogen-bond acceptors (Lipinski definition) is 6. The summed E-state index contributed by atoms with van der Waals surface area (Å²) >= 11 is 6.20. The van der Waals surface area contributed by atoms with Crippen molar-refractivity contribution in [3.8, 4) is 22.8 Å². The largest absolute Gasteiger partial charge is 0.507 e. The van der Waals surface area contributed by atoms with Crippen molar-refractivity contribution in [1.29, 1.82) is 0 Å². The number of aliphatic hydroxyl groups is 1. The first kappa shape index (κ1) is 19.2. The lowest BCUT2D eigenvalue weighted by Gasteiger charge is -2.17. The Balaban J connectivity index is 2.23. The number of nitrogens with zero attached hydrogens (tertiary/aromatic N) is 1. The first-order valence-electron chi connectivity index (χ1n) is 8.37. The van der Waals surface area contributed by atoms with Crippen molar-refractivity contribution in [1.82, 2.24) is 4.90 Å². The number of likely N-dealkylation sites (N-methyl/N-ethyl adjacent to an activating group) is 1. The summed E-state index contributed by atoms with van der Waals surface area (Å²) in [5.41, 5.74) is 0.337. The summed E-state index contributed by atoms with van der Waals surface area (Å²) < 4.78 is 5.88. The van der Waals surface area contributed by atoms with Gasteiger partial charge in [-0.2, -0.15) is 0 Å². The molecule has 2 aromatic carbocycles. The van der Waals surface area contributed by atoms with Crippen LogP contribution in [0.25, 0.3) is 22.3 Å². The van der Waals surface area contributed by atoms with E-state index >= 15 is 0 Å². The summed E-state index contributed by atoms with van der Waals surface area (Å²) in [5, 5.41) is 31.1. The Bertz CT molecular complexity index is 1040. The van der Waals surface area contributed by atoms with E-state index in [1.807, 2.05) is 14.1 Å². The van der Waals surface area contributed by atoms with Gasteiger partial charge in [0.15, 0.2) is 5.43 Å². The Hall–Kier alpha value is -2.54. The summed E-state index contributed by atoms with van der Waals surface area (Å²) in [7, 11) is 3.63. The Labute approximate surface area is 160 Å². The van der Waals surface area contributed by atoms with Crippen LogP contribution in [0.4, 0.5) is 0 Å². The highest BCUT2D eigenvalue weighted by Crippen LogP contribution is 2.36. The molecule has 6 nitrogen and oxygen atoms in total. The molecule has 1 atom stereocenters. The van der Waals surface area contributed by atoms with E-state index in [1.54, 1.807) is 29.2 Å². The van der Waals surface area contributed by atoms with Gasteiger partial charge in [-0.15, -0.1) is 0 Å². The molecule has 142 valence electrons. The summed E-state index contributed by atoms with van der Waals surface area (Å²) in [6, 6.07) is 9.23. The maximum Gasteiger partial charge on any atom is 0.197 e. The molecule has 0 unspecified atom stereocenters. The van der Waals surface area contributed by atoms with Crippen LogP contribution in [0, 0.1) is 0 Å². The second-order valence-electron chi connectivity index (χ2n) is 6.67. The Morgan fingerprint density at radius 1 is 1.15 bits per heavy atom. The molecule has 0 saturated heterocycles. The molecule has 0 saturated carbocycles. The van der Waals surface area contributed by atoms with Crippen LogP contribution in [0.5, 0.6) is 11.5 Å². The van der Waals surface area contributed by atoms with Crippen LogP contribution >= 0.6 is 11.6 Å². The number of phenolic OH excluding ortho intramolecular Hbond substituents is 2. The molecule has 3 N–H and O–H groups in total. The fourth-order valence-corrected chi connectivity index (χ4v) is 3.30. The highest BCUT2D eigenvalue weighted by atomic mass is 35.5. The number of halogens is 1. The molecule has 0 aliphatic heterocycles. The molecule has 1 heterocycles. The minimum Gasteiger partial charge on any atom is -0.507 e. The zero-order chi connectivity index (χ0) is 19.7. The first-order valence-corrected chi connectivity index (χ1v) is 8.75. The average Bonchev–Trinajstić information content (AvgIpc) is 2.57. The van der Waals surface area contributed by atoms with E-state index in [0.29, 0.717) is 17.1 Å². The topological polar surface area (TPSA) is 94.1 Å². The smallest absolute Gasteiger partial charge is 0.197 e. The molecule has 0 amide bonds. The van der Waals surface area contributed by atoms with Gasteiger partial charge in [-0.1, -0.05) is 23.7 Å². The maximum absolute atomic E-state index is 12.6. The molecule has 0 fully saturated rings. The van der Waals surface area contributed by atoms with Crippen molar-refractivity contribution >= 4 is 22.6 Å². The van der Waals surface area contributed by atoms with E-state index < -0.39 is 11.5 Å². The fraction of sp³-hybridized carbons (Fsp3) is 0.250. The van der Waals surface area contributed by atoms with E-state index in [9.17, 15) is 20.1 Å². The van der Waals surface area contributed by atoms with Crippen LogP contribution in [0.2, 0.25) is 5.02 Å². The summed E-state index contributed by atoms with van der Waals surface area (Å²) in [5.74, 6) is -0.420. The van der Waals surface area contributed by atoms with Crippen LogP contribution in [0.15, 0.2) is 45.6 Å².